The van der Waals surface area contributed by atoms with E-state index < -0.39 is 0 Å². The highest BCUT2D eigenvalue weighted by Crippen LogP contribution is 2.10. The lowest BCUT2D eigenvalue weighted by atomic mass is 10.1. The van der Waals surface area contributed by atoms with Crippen LogP contribution in [-0.2, 0) is 6.54 Å². The quantitative estimate of drug-likeness (QED) is 0.753. The molecule has 78 valence electrons. The van der Waals surface area contributed by atoms with Crippen molar-refractivity contribution in [2.45, 2.75) is 39.3 Å². The van der Waals surface area contributed by atoms with E-state index in [9.17, 15) is 5.11 Å². The zero-order chi connectivity index (χ0) is 10.4. The zero-order valence-electron chi connectivity index (χ0n) is 8.96. The lowest BCUT2D eigenvalue weighted by Crippen LogP contribution is -2.24. The fourth-order valence-electron chi connectivity index (χ4n) is 1.49. The standard InChI is InChI=1S/C12H19NO/c1-3-5-10(2)13-9-11-6-4-7-12(14)8-11/h4,6-8,10,13-14H,3,5,9H2,1-2H3/t10-/m0/s1. The summed E-state index contributed by atoms with van der Waals surface area (Å²) in [6, 6.07) is 7.93. The first-order chi connectivity index (χ1) is 6.72. The lowest BCUT2D eigenvalue weighted by Gasteiger charge is -2.12. The van der Waals surface area contributed by atoms with Crippen molar-refractivity contribution in [3.05, 3.63) is 29.8 Å². The van der Waals surface area contributed by atoms with Crippen molar-refractivity contribution in [2.24, 2.45) is 0 Å². The monoisotopic (exact) mass is 193 g/mol. The zero-order valence-corrected chi connectivity index (χ0v) is 8.96. The maximum atomic E-state index is 9.25. The van der Waals surface area contributed by atoms with E-state index in [1.165, 1.54) is 12.8 Å². The topological polar surface area (TPSA) is 32.3 Å². The van der Waals surface area contributed by atoms with Crippen LogP contribution in [0.15, 0.2) is 24.3 Å². The van der Waals surface area contributed by atoms with Crippen LogP contribution in [0.4, 0.5) is 0 Å². The minimum absolute atomic E-state index is 0.340. The molecule has 0 spiro atoms. The van der Waals surface area contributed by atoms with Crippen molar-refractivity contribution in [3.8, 4) is 5.75 Å². The van der Waals surface area contributed by atoms with E-state index in [4.69, 9.17) is 0 Å². The van der Waals surface area contributed by atoms with Gasteiger partial charge in [0.2, 0.25) is 0 Å². The Kier molecular flexibility index (Phi) is 4.47. The highest BCUT2D eigenvalue weighted by atomic mass is 16.3. The number of rotatable bonds is 5. The summed E-state index contributed by atoms with van der Waals surface area (Å²) >= 11 is 0. The Morgan fingerprint density at radius 1 is 1.43 bits per heavy atom. The molecule has 1 aromatic carbocycles. The third-order valence-electron chi connectivity index (χ3n) is 2.29. The first kappa shape index (κ1) is 11.1. The van der Waals surface area contributed by atoms with Crippen LogP contribution in [0.3, 0.4) is 0 Å². The van der Waals surface area contributed by atoms with Crippen molar-refractivity contribution < 1.29 is 5.11 Å². The summed E-state index contributed by atoms with van der Waals surface area (Å²) in [5.41, 5.74) is 1.13. The molecule has 1 rings (SSSR count). The van der Waals surface area contributed by atoms with Crippen LogP contribution in [0.2, 0.25) is 0 Å². The second kappa shape index (κ2) is 5.66. The van der Waals surface area contributed by atoms with Gasteiger partial charge in [0, 0.05) is 12.6 Å². The Morgan fingerprint density at radius 3 is 2.86 bits per heavy atom. The molecule has 0 heterocycles. The number of nitrogens with one attached hydrogen (secondary N) is 1. The Labute approximate surface area is 86.0 Å². The number of hydrogen-bond donors (Lipinski definition) is 2. The number of hydrogen-bond acceptors (Lipinski definition) is 2. The van der Waals surface area contributed by atoms with Gasteiger partial charge in [0.1, 0.15) is 5.75 Å². The molecule has 0 saturated heterocycles. The van der Waals surface area contributed by atoms with Gasteiger partial charge in [0.05, 0.1) is 0 Å². The molecular formula is C12H19NO. The summed E-state index contributed by atoms with van der Waals surface area (Å²) < 4.78 is 0. The molecular weight excluding hydrogens is 174 g/mol. The van der Waals surface area contributed by atoms with E-state index in [0.717, 1.165) is 12.1 Å². The molecule has 2 N–H and O–H groups in total. The van der Waals surface area contributed by atoms with Crippen LogP contribution in [-0.4, -0.2) is 11.1 Å². The molecule has 0 aliphatic carbocycles. The SMILES string of the molecule is CCC[C@H](C)NCc1cccc(O)c1. The van der Waals surface area contributed by atoms with Crippen LogP contribution in [0.5, 0.6) is 5.75 Å². The Balaban J connectivity index is 2.37. The predicted octanol–water partition coefficient (Wildman–Crippen LogP) is 2.67. The van der Waals surface area contributed by atoms with Crippen molar-refractivity contribution in [1.82, 2.24) is 5.32 Å². The maximum absolute atomic E-state index is 9.25. The van der Waals surface area contributed by atoms with Crippen molar-refractivity contribution in [1.29, 1.82) is 0 Å². The average Bonchev–Trinajstić information content (AvgIpc) is 2.15. The molecule has 0 bridgehead atoms. The molecule has 0 saturated carbocycles. The number of phenols is 1. The highest BCUT2D eigenvalue weighted by molar-refractivity contribution is 5.26. The largest absolute Gasteiger partial charge is 0.508 e. The summed E-state index contributed by atoms with van der Waals surface area (Å²) in [6.07, 6.45) is 2.40. The molecule has 2 heteroatoms. The first-order valence-electron chi connectivity index (χ1n) is 5.23. The molecule has 2 nitrogen and oxygen atoms in total. The number of phenolic OH excluding ortho intramolecular Hbond substituents is 1. The number of aromatic hydroxyl groups is 1. The molecule has 0 aromatic heterocycles. The van der Waals surface area contributed by atoms with Gasteiger partial charge in [-0.25, -0.2) is 0 Å². The van der Waals surface area contributed by atoms with Crippen molar-refractivity contribution in [3.63, 3.8) is 0 Å². The average molecular weight is 193 g/mol. The van der Waals surface area contributed by atoms with E-state index in [1.807, 2.05) is 12.1 Å². The van der Waals surface area contributed by atoms with E-state index in [0.29, 0.717) is 11.8 Å². The fourth-order valence-corrected chi connectivity index (χ4v) is 1.49. The third-order valence-corrected chi connectivity index (χ3v) is 2.29. The van der Waals surface area contributed by atoms with E-state index in [2.05, 4.69) is 19.2 Å². The van der Waals surface area contributed by atoms with Gasteiger partial charge in [-0.3, -0.25) is 0 Å². The summed E-state index contributed by atoms with van der Waals surface area (Å²) in [7, 11) is 0. The van der Waals surface area contributed by atoms with Gasteiger partial charge in [-0.2, -0.15) is 0 Å². The van der Waals surface area contributed by atoms with Gasteiger partial charge in [0.15, 0.2) is 0 Å². The molecule has 1 aromatic rings. The molecule has 0 aliphatic rings. The Morgan fingerprint density at radius 2 is 2.21 bits per heavy atom. The van der Waals surface area contributed by atoms with Gasteiger partial charge < -0.3 is 10.4 Å². The van der Waals surface area contributed by atoms with Crippen LogP contribution in [0.25, 0.3) is 0 Å². The molecule has 14 heavy (non-hydrogen) atoms. The molecule has 0 amide bonds. The van der Waals surface area contributed by atoms with Crippen LogP contribution < -0.4 is 5.32 Å². The van der Waals surface area contributed by atoms with Gasteiger partial charge >= 0.3 is 0 Å². The van der Waals surface area contributed by atoms with Crippen LogP contribution in [0.1, 0.15) is 32.3 Å². The van der Waals surface area contributed by atoms with Crippen LogP contribution >= 0.6 is 0 Å². The van der Waals surface area contributed by atoms with Crippen molar-refractivity contribution in [2.75, 3.05) is 0 Å². The maximum Gasteiger partial charge on any atom is 0.115 e. The lowest BCUT2D eigenvalue weighted by molar-refractivity contribution is 0.472. The van der Waals surface area contributed by atoms with Gasteiger partial charge in [-0.15, -0.1) is 0 Å². The van der Waals surface area contributed by atoms with Gasteiger partial charge in [0.25, 0.3) is 0 Å². The summed E-state index contributed by atoms with van der Waals surface area (Å²) in [4.78, 5) is 0. The van der Waals surface area contributed by atoms with Gasteiger partial charge in [-0.1, -0.05) is 25.5 Å². The normalized spacial score (nSPS) is 12.7. The fraction of sp³-hybridized carbons (Fsp3) is 0.500. The third kappa shape index (κ3) is 3.79. The molecule has 0 fully saturated rings. The van der Waals surface area contributed by atoms with E-state index in [1.54, 1.807) is 12.1 Å². The van der Waals surface area contributed by atoms with Crippen molar-refractivity contribution >= 4 is 0 Å². The molecule has 1 atom stereocenters. The number of benzene rings is 1. The molecule has 0 aliphatic heterocycles. The van der Waals surface area contributed by atoms with Crippen LogP contribution in [0, 0.1) is 0 Å². The Hall–Kier alpha value is -1.02. The van der Waals surface area contributed by atoms with E-state index >= 15 is 0 Å². The van der Waals surface area contributed by atoms with Gasteiger partial charge in [-0.05, 0) is 31.0 Å². The molecule has 0 unspecified atom stereocenters. The second-order valence-corrected chi connectivity index (χ2v) is 3.74. The highest BCUT2D eigenvalue weighted by Gasteiger charge is 1.99. The summed E-state index contributed by atoms with van der Waals surface area (Å²) in [5, 5.41) is 12.7. The second-order valence-electron chi connectivity index (χ2n) is 3.74. The predicted molar refractivity (Wildman–Crippen MR) is 59.3 cm³/mol. The first-order valence-corrected chi connectivity index (χ1v) is 5.23. The summed E-state index contributed by atoms with van der Waals surface area (Å²) in [6.45, 7) is 5.20. The summed E-state index contributed by atoms with van der Waals surface area (Å²) in [5.74, 6) is 0.340. The minimum atomic E-state index is 0.340. The van der Waals surface area contributed by atoms with E-state index in [-0.39, 0.29) is 0 Å². The Bertz CT molecular complexity index is 273. The molecule has 0 radical (unpaired) electrons. The smallest absolute Gasteiger partial charge is 0.115 e. The minimum Gasteiger partial charge on any atom is -0.508 e.